The first kappa shape index (κ1) is 13.5. The number of nitrogens with zero attached hydrogens (tertiary/aromatic N) is 2. The van der Waals surface area contributed by atoms with Gasteiger partial charge in [0.1, 0.15) is 0 Å². The molecule has 3 N–H and O–H groups in total. The van der Waals surface area contributed by atoms with Gasteiger partial charge in [0.15, 0.2) is 0 Å². The highest BCUT2D eigenvalue weighted by atomic mass is 79.9. The van der Waals surface area contributed by atoms with E-state index in [2.05, 4.69) is 26.3 Å². The molecular weight excluding hydrogens is 296 g/mol. The maximum atomic E-state index is 11.4. The Bertz CT molecular complexity index is 453. The van der Waals surface area contributed by atoms with Crippen LogP contribution in [0.2, 0.25) is 0 Å². The van der Waals surface area contributed by atoms with Gasteiger partial charge in [0.25, 0.3) is 0 Å². The number of carbonyl (C=O) groups is 1. The van der Waals surface area contributed by atoms with E-state index in [-0.39, 0.29) is 11.9 Å². The van der Waals surface area contributed by atoms with E-state index in [0.717, 1.165) is 28.7 Å². The van der Waals surface area contributed by atoms with Crippen LogP contribution in [0.5, 0.6) is 0 Å². The number of nitrogens with two attached hydrogens (primary N) is 1. The molecule has 1 aliphatic rings. The molecule has 0 radical (unpaired) electrons. The van der Waals surface area contributed by atoms with Gasteiger partial charge in [-0.25, -0.2) is 0 Å². The summed E-state index contributed by atoms with van der Waals surface area (Å²) in [5, 5.41) is 7.70. The number of hydrogen-bond acceptors (Lipinski definition) is 3. The molecule has 6 heteroatoms. The Labute approximate surface area is 115 Å². The monoisotopic (exact) mass is 314 g/mol. The summed E-state index contributed by atoms with van der Waals surface area (Å²) in [4.78, 5) is 11.4. The van der Waals surface area contributed by atoms with E-state index >= 15 is 0 Å². The smallest absolute Gasteiger partial charge is 0.234 e. The highest BCUT2D eigenvalue weighted by molar-refractivity contribution is 9.10. The highest BCUT2D eigenvalue weighted by Gasteiger charge is 2.27. The van der Waals surface area contributed by atoms with Gasteiger partial charge < -0.3 is 11.1 Å². The molecule has 2 rings (SSSR count). The molecule has 1 unspecified atom stereocenters. The van der Waals surface area contributed by atoms with Gasteiger partial charge in [-0.3, -0.25) is 9.48 Å². The Balaban J connectivity index is 1.95. The van der Waals surface area contributed by atoms with Crippen LogP contribution in [0.3, 0.4) is 0 Å². The molecule has 1 fully saturated rings. The zero-order chi connectivity index (χ0) is 13.3. The quantitative estimate of drug-likeness (QED) is 0.830. The average Bonchev–Trinajstić information content (AvgIpc) is 3.09. The molecule has 0 aromatic carbocycles. The number of amides is 1. The van der Waals surface area contributed by atoms with Crippen molar-refractivity contribution in [1.29, 1.82) is 0 Å². The van der Waals surface area contributed by atoms with Crippen molar-refractivity contribution in [3.05, 3.63) is 15.9 Å². The summed E-state index contributed by atoms with van der Waals surface area (Å²) in [6.45, 7) is 4.67. The number of aryl methyl sites for hydroxylation is 2. The van der Waals surface area contributed by atoms with E-state index in [1.165, 1.54) is 0 Å². The van der Waals surface area contributed by atoms with Gasteiger partial charge in [0.2, 0.25) is 5.91 Å². The SMILES string of the molecule is Cc1nn(CCC(NC2CC2)C(N)=O)c(C)c1Br. The minimum absolute atomic E-state index is 0.250. The predicted octanol–water partition coefficient (Wildman–Crippen LogP) is 1.26. The lowest BCUT2D eigenvalue weighted by Crippen LogP contribution is -2.43. The van der Waals surface area contributed by atoms with Crippen LogP contribution in [0.25, 0.3) is 0 Å². The summed E-state index contributed by atoms with van der Waals surface area (Å²) < 4.78 is 2.96. The van der Waals surface area contributed by atoms with Gasteiger partial charge in [-0.05, 0) is 49.0 Å². The molecular formula is C12H19BrN4O. The van der Waals surface area contributed by atoms with Crippen molar-refractivity contribution < 1.29 is 4.79 Å². The fourth-order valence-corrected chi connectivity index (χ4v) is 2.27. The third-order valence-corrected chi connectivity index (χ3v) is 4.43. The number of primary amides is 1. The fraction of sp³-hybridized carbons (Fsp3) is 0.667. The Morgan fingerprint density at radius 2 is 2.28 bits per heavy atom. The molecule has 18 heavy (non-hydrogen) atoms. The van der Waals surface area contributed by atoms with Gasteiger partial charge >= 0.3 is 0 Å². The molecule has 1 aliphatic carbocycles. The number of halogens is 1. The van der Waals surface area contributed by atoms with E-state index in [1.807, 2.05) is 18.5 Å². The molecule has 1 aromatic heterocycles. The largest absolute Gasteiger partial charge is 0.368 e. The molecule has 0 bridgehead atoms. The lowest BCUT2D eigenvalue weighted by atomic mass is 10.2. The lowest BCUT2D eigenvalue weighted by molar-refractivity contribution is -0.120. The standard InChI is InChI=1S/C12H19BrN4O/c1-7-11(13)8(2)17(16-7)6-5-10(12(14)18)15-9-3-4-9/h9-10,15H,3-6H2,1-2H3,(H2,14,18). The Morgan fingerprint density at radius 3 is 2.72 bits per heavy atom. The van der Waals surface area contributed by atoms with Crippen LogP contribution in [0.1, 0.15) is 30.7 Å². The third kappa shape index (κ3) is 3.11. The van der Waals surface area contributed by atoms with Crippen LogP contribution in [0.4, 0.5) is 0 Å². The van der Waals surface area contributed by atoms with Crippen LogP contribution in [-0.2, 0) is 11.3 Å². The first-order valence-corrected chi connectivity index (χ1v) is 7.03. The second-order valence-electron chi connectivity index (χ2n) is 4.89. The van der Waals surface area contributed by atoms with E-state index in [4.69, 9.17) is 5.73 Å². The molecule has 0 spiro atoms. The topological polar surface area (TPSA) is 72.9 Å². The molecule has 0 saturated heterocycles. The van der Waals surface area contributed by atoms with Crippen molar-refractivity contribution in [3.63, 3.8) is 0 Å². The van der Waals surface area contributed by atoms with Crippen LogP contribution >= 0.6 is 15.9 Å². The van der Waals surface area contributed by atoms with Crippen LogP contribution in [-0.4, -0.2) is 27.8 Å². The van der Waals surface area contributed by atoms with Gasteiger partial charge in [-0.2, -0.15) is 5.10 Å². The summed E-state index contributed by atoms with van der Waals surface area (Å²) in [5.74, 6) is -0.275. The third-order valence-electron chi connectivity index (χ3n) is 3.28. The molecule has 100 valence electrons. The Hall–Kier alpha value is -0.880. The van der Waals surface area contributed by atoms with Gasteiger partial charge in [-0.1, -0.05) is 0 Å². The van der Waals surface area contributed by atoms with Gasteiger partial charge in [-0.15, -0.1) is 0 Å². The maximum absolute atomic E-state index is 11.4. The molecule has 1 amide bonds. The number of nitrogens with one attached hydrogen (secondary N) is 1. The first-order chi connectivity index (χ1) is 8.49. The summed E-state index contributed by atoms with van der Waals surface area (Å²) in [5.41, 5.74) is 7.47. The van der Waals surface area contributed by atoms with E-state index < -0.39 is 0 Å². The first-order valence-electron chi connectivity index (χ1n) is 6.24. The zero-order valence-corrected chi connectivity index (χ0v) is 12.3. The number of rotatable bonds is 6. The predicted molar refractivity (Wildman–Crippen MR) is 73.2 cm³/mol. The lowest BCUT2D eigenvalue weighted by Gasteiger charge is -2.15. The number of hydrogen-bond donors (Lipinski definition) is 2. The molecule has 0 aliphatic heterocycles. The normalized spacial score (nSPS) is 16.8. The van der Waals surface area contributed by atoms with E-state index in [0.29, 0.717) is 19.0 Å². The minimum Gasteiger partial charge on any atom is -0.368 e. The molecule has 1 aromatic rings. The van der Waals surface area contributed by atoms with Gasteiger partial charge in [0.05, 0.1) is 16.2 Å². The van der Waals surface area contributed by atoms with Crippen LogP contribution in [0.15, 0.2) is 4.47 Å². The fourth-order valence-electron chi connectivity index (χ4n) is 1.99. The average molecular weight is 315 g/mol. The summed E-state index contributed by atoms with van der Waals surface area (Å²) >= 11 is 3.50. The van der Waals surface area contributed by atoms with Crippen molar-refractivity contribution in [1.82, 2.24) is 15.1 Å². The molecule has 1 saturated carbocycles. The maximum Gasteiger partial charge on any atom is 0.234 e. The number of aromatic nitrogens is 2. The van der Waals surface area contributed by atoms with Gasteiger partial charge in [0, 0.05) is 18.3 Å². The Morgan fingerprint density at radius 1 is 1.61 bits per heavy atom. The zero-order valence-electron chi connectivity index (χ0n) is 10.7. The van der Waals surface area contributed by atoms with Crippen LogP contribution < -0.4 is 11.1 Å². The van der Waals surface area contributed by atoms with Crippen molar-refractivity contribution >= 4 is 21.8 Å². The van der Waals surface area contributed by atoms with Crippen molar-refractivity contribution in [2.75, 3.05) is 0 Å². The van der Waals surface area contributed by atoms with Crippen molar-refractivity contribution in [3.8, 4) is 0 Å². The highest BCUT2D eigenvalue weighted by Crippen LogP contribution is 2.21. The molecule has 1 atom stereocenters. The molecule has 5 nitrogen and oxygen atoms in total. The van der Waals surface area contributed by atoms with E-state index in [1.54, 1.807) is 0 Å². The van der Waals surface area contributed by atoms with Crippen molar-refractivity contribution in [2.45, 2.75) is 51.7 Å². The Kier molecular flexibility index (Phi) is 4.07. The molecule has 1 heterocycles. The minimum atomic E-state index is -0.275. The second-order valence-corrected chi connectivity index (χ2v) is 5.69. The number of carbonyl (C=O) groups excluding carboxylic acids is 1. The second kappa shape index (κ2) is 5.40. The van der Waals surface area contributed by atoms with E-state index in [9.17, 15) is 4.79 Å². The van der Waals surface area contributed by atoms with Crippen LogP contribution in [0, 0.1) is 13.8 Å². The summed E-state index contributed by atoms with van der Waals surface area (Å²) in [6, 6.07) is 0.231. The van der Waals surface area contributed by atoms with Crippen molar-refractivity contribution in [2.24, 2.45) is 5.73 Å². The summed E-state index contributed by atoms with van der Waals surface area (Å²) in [6.07, 6.45) is 2.98. The summed E-state index contributed by atoms with van der Waals surface area (Å²) in [7, 11) is 0.